The highest BCUT2D eigenvalue weighted by molar-refractivity contribution is 5.93. The van der Waals surface area contributed by atoms with Gasteiger partial charge in [-0.15, -0.1) is 0 Å². The molecule has 1 aromatic rings. The Balaban J connectivity index is 2.10. The molecule has 1 aliphatic carbocycles. The van der Waals surface area contributed by atoms with Gasteiger partial charge in [-0.05, 0) is 36.8 Å². The number of aliphatic carboxylic acids is 1. The Bertz CT molecular complexity index is 578. The van der Waals surface area contributed by atoms with Crippen LogP contribution in [0.4, 0.5) is 5.69 Å². The number of methoxy groups -OCH3 is 2. The molecule has 0 aromatic heterocycles. The third-order valence-electron chi connectivity index (χ3n) is 4.40. The number of ether oxygens (including phenoxy) is 2. The molecule has 23 heavy (non-hydrogen) atoms. The van der Waals surface area contributed by atoms with Crippen molar-refractivity contribution in [1.82, 2.24) is 0 Å². The number of hydrogen-bond acceptors (Lipinski definition) is 5. The summed E-state index contributed by atoms with van der Waals surface area (Å²) in [5.41, 5.74) is 0.0214. The number of carboxylic acids is 1. The second-order valence-corrected chi connectivity index (χ2v) is 6.05. The summed E-state index contributed by atoms with van der Waals surface area (Å²) in [4.78, 5) is 23.4. The summed E-state index contributed by atoms with van der Waals surface area (Å²) < 4.78 is 10.4. The standard InChI is InChI=1S/C17H23NO5/c1-22-12-5-6-14(23-2)13(9-12)18-15(19)10-17(11-16(20)21)7-3-4-8-17/h5-6,9H,3-4,7-8,10-11H2,1-2H3,(H,18,19)(H,20,21)/p-1. The molecule has 0 unspecified atom stereocenters. The van der Waals surface area contributed by atoms with Crippen LogP contribution in [-0.2, 0) is 9.59 Å². The van der Waals surface area contributed by atoms with Gasteiger partial charge in [0.25, 0.3) is 0 Å². The molecule has 1 aliphatic rings. The van der Waals surface area contributed by atoms with E-state index in [-0.39, 0.29) is 18.7 Å². The van der Waals surface area contributed by atoms with Crippen molar-refractivity contribution >= 4 is 17.6 Å². The lowest BCUT2D eigenvalue weighted by molar-refractivity contribution is -0.308. The maximum atomic E-state index is 12.4. The van der Waals surface area contributed by atoms with Crippen molar-refractivity contribution in [3.63, 3.8) is 0 Å². The van der Waals surface area contributed by atoms with Gasteiger partial charge in [-0.25, -0.2) is 0 Å². The van der Waals surface area contributed by atoms with Crippen LogP contribution in [0, 0.1) is 5.41 Å². The van der Waals surface area contributed by atoms with Gasteiger partial charge in [-0.1, -0.05) is 12.8 Å². The van der Waals surface area contributed by atoms with Gasteiger partial charge in [0.05, 0.1) is 19.9 Å². The molecule has 0 bridgehead atoms. The molecule has 0 spiro atoms. The largest absolute Gasteiger partial charge is 0.550 e. The molecule has 0 radical (unpaired) electrons. The second-order valence-electron chi connectivity index (χ2n) is 6.05. The minimum atomic E-state index is -1.10. The fourth-order valence-corrected chi connectivity index (χ4v) is 3.29. The molecule has 6 nitrogen and oxygen atoms in total. The van der Waals surface area contributed by atoms with Crippen molar-refractivity contribution in [2.45, 2.75) is 38.5 Å². The monoisotopic (exact) mass is 320 g/mol. The first-order valence-electron chi connectivity index (χ1n) is 7.70. The number of benzene rings is 1. The van der Waals surface area contributed by atoms with Crippen molar-refractivity contribution in [1.29, 1.82) is 0 Å². The normalized spacial score (nSPS) is 15.9. The summed E-state index contributed by atoms with van der Waals surface area (Å²) in [6.07, 6.45) is 3.47. The van der Waals surface area contributed by atoms with Gasteiger partial charge in [-0.3, -0.25) is 4.79 Å². The number of hydrogen-bond donors (Lipinski definition) is 1. The molecule has 2 rings (SSSR count). The molecule has 0 saturated heterocycles. The van der Waals surface area contributed by atoms with Crippen molar-refractivity contribution in [3.8, 4) is 11.5 Å². The number of amides is 1. The maximum absolute atomic E-state index is 12.4. The molecule has 6 heteroatoms. The van der Waals surface area contributed by atoms with Crippen molar-refractivity contribution < 1.29 is 24.2 Å². The van der Waals surface area contributed by atoms with E-state index in [1.54, 1.807) is 25.3 Å². The summed E-state index contributed by atoms with van der Waals surface area (Å²) in [5.74, 6) is -0.190. The number of carbonyl (C=O) groups is 2. The lowest BCUT2D eigenvalue weighted by Crippen LogP contribution is -2.33. The van der Waals surface area contributed by atoms with Crippen molar-refractivity contribution in [2.75, 3.05) is 19.5 Å². The average molecular weight is 320 g/mol. The van der Waals surface area contributed by atoms with E-state index in [1.165, 1.54) is 7.11 Å². The van der Waals surface area contributed by atoms with E-state index in [4.69, 9.17) is 9.47 Å². The van der Waals surface area contributed by atoms with Gasteiger partial charge in [0, 0.05) is 18.5 Å². The molecule has 1 saturated carbocycles. The summed E-state index contributed by atoms with van der Waals surface area (Å²) >= 11 is 0. The molecule has 1 fully saturated rings. The van der Waals surface area contributed by atoms with Gasteiger partial charge in [0.1, 0.15) is 11.5 Å². The molecule has 0 heterocycles. The van der Waals surface area contributed by atoms with Crippen LogP contribution in [0.1, 0.15) is 38.5 Å². The van der Waals surface area contributed by atoms with Crippen LogP contribution in [0.2, 0.25) is 0 Å². The lowest BCUT2D eigenvalue weighted by atomic mass is 9.79. The van der Waals surface area contributed by atoms with Crippen LogP contribution in [-0.4, -0.2) is 26.1 Å². The number of carboxylic acid groups (broad SMARTS) is 1. The van der Waals surface area contributed by atoms with Gasteiger partial charge in [0.15, 0.2) is 0 Å². The molecule has 0 aliphatic heterocycles. The molecule has 1 N–H and O–H groups in total. The van der Waals surface area contributed by atoms with Crippen LogP contribution in [0.5, 0.6) is 11.5 Å². The Kier molecular flexibility index (Phi) is 5.47. The molecule has 0 atom stereocenters. The maximum Gasteiger partial charge on any atom is 0.225 e. The number of rotatable bonds is 7. The van der Waals surface area contributed by atoms with E-state index in [0.717, 1.165) is 25.7 Å². The number of nitrogens with one attached hydrogen (secondary N) is 1. The molecular formula is C17H22NO5-. The van der Waals surface area contributed by atoms with E-state index >= 15 is 0 Å². The number of anilines is 1. The highest BCUT2D eigenvalue weighted by Crippen LogP contribution is 2.44. The van der Waals surface area contributed by atoms with E-state index < -0.39 is 11.4 Å². The van der Waals surface area contributed by atoms with Crippen molar-refractivity contribution in [3.05, 3.63) is 18.2 Å². The topological polar surface area (TPSA) is 87.7 Å². The fourth-order valence-electron chi connectivity index (χ4n) is 3.29. The van der Waals surface area contributed by atoms with Crippen LogP contribution < -0.4 is 19.9 Å². The zero-order chi connectivity index (χ0) is 16.9. The summed E-state index contributed by atoms with van der Waals surface area (Å²) in [6, 6.07) is 5.13. The SMILES string of the molecule is COc1ccc(OC)c(NC(=O)CC2(CC(=O)[O-])CCCC2)c1. The highest BCUT2D eigenvalue weighted by Gasteiger charge is 2.36. The summed E-state index contributed by atoms with van der Waals surface area (Å²) in [7, 11) is 3.06. The zero-order valence-electron chi connectivity index (χ0n) is 13.5. The smallest absolute Gasteiger partial charge is 0.225 e. The van der Waals surface area contributed by atoms with Gasteiger partial charge in [-0.2, -0.15) is 0 Å². The van der Waals surface area contributed by atoms with Crippen LogP contribution in [0.3, 0.4) is 0 Å². The number of carbonyl (C=O) groups excluding carboxylic acids is 2. The van der Waals surface area contributed by atoms with Gasteiger partial charge < -0.3 is 24.7 Å². The predicted octanol–water partition coefficient (Wildman–Crippen LogP) is 1.73. The average Bonchev–Trinajstić information content (AvgIpc) is 2.93. The van der Waals surface area contributed by atoms with E-state index in [2.05, 4.69) is 5.32 Å². The van der Waals surface area contributed by atoms with Gasteiger partial charge in [0.2, 0.25) is 5.91 Å². The van der Waals surface area contributed by atoms with Gasteiger partial charge >= 0.3 is 0 Å². The highest BCUT2D eigenvalue weighted by atomic mass is 16.5. The quantitative estimate of drug-likeness (QED) is 0.826. The van der Waals surface area contributed by atoms with E-state index in [0.29, 0.717) is 17.2 Å². The lowest BCUT2D eigenvalue weighted by Gasteiger charge is -2.28. The fraction of sp³-hybridized carbons (Fsp3) is 0.529. The zero-order valence-corrected chi connectivity index (χ0v) is 13.5. The van der Waals surface area contributed by atoms with E-state index in [1.807, 2.05) is 0 Å². The Hall–Kier alpha value is -2.24. The van der Waals surface area contributed by atoms with Crippen LogP contribution >= 0.6 is 0 Å². The first-order chi connectivity index (χ1) is 11.0. The minimum absolute atomic E-state index is 0.0737. The first kappa shape index (κ1) is 17.1. The summed E-state index contributed by atoms with van der Waals surface area (Å²) in [6.45, 7) is 0. The first-order valence-corrected chi connectivity index (χ1v) is 7.70. The summed E-state index contributed by atoms with van der Waals surface area (Å²) in [5, 5.41) is 13.8. The van der Waals surface area contributed by atoms with Crippen LogP contribution in [0.15, 0.2) is 18.2 Å². The second kappa shape index (κ2) is 7.35. The molecule has 1 amide bonds. The Morgan fingerprint density at radius 1 is 1.17 bits per heavy atom. The Morgan fingerprint density at radius 2 is 1.87 bits per heavy atom. The third kappa shape index (κ3) is 4.37. The predicted molar refractivity (Wildman–Crippen MR) is 83.3 cm³/mol. The van der Waals surface area contributed by atoms with Crippen LogP contribution in [0.25, 0.3) is 0 Å². The molecule has 126 valence electrons. The molecular weight excluding hydrogens is 298 g/mol. The molecule has 1 aromatic carbocycles. The van der Waals surface area contributed by atoms with Crippen molar-refractivity contribution in [2.24, 2.45) is 5.41 Å². The minimum Gasteiger partial charge on any atom is -0.550 e. The van der Waals surface area contributed by atoms with E-state index in [9.17, 15) is 14.7 Å². The Labute approximate surface area is 135 Å². The Morgan fingerprint density at radius 3 is 2.43 bits per heavy atom. The third-order valence-corrected chi connectivity index (χ3v) is 4.40.